The molecule has 1 amide bonds. The van der Waals surface area contributed by atoms with E-state index in [1.165, 1.54) is 6.20 Å². The molecule has 1 aliphatic heterocycles. The molecule has 8 nitrogen and oxygen atoms in total. The van der Waals surface area contributed by atoms with Gasteiger partial charge in [0.1, 0.15) is 11.6 Å². The highest BCUT2D eigenvalue weighted by atomic mass is 16.5. The molecular formula is C25H23N5O3. The lowest BCUT2D eigenvalue weighted by Gasteiger charge is -2.19. The van der Waals surface area contributed by atoms with E-state index in [4.69, 9.17) is 4.74 Å². The first kappa shape index (κ1) is 20.7. The van der Waals surface area contributed by atoms with Gasteiger partial charge in [-0.3, -0.25) is 4.79 Å². The number of fused-ring (bicyclic) bond motifs is 3. The SMILES string of the molecule is CCc1ccnc2c1N(C)C(=O)c1cc(CCOc3cc[n+]([O-])c4ccccc34)cnc1N2. The number of ether oxygens (including phenoxy) is 1. The van der Waals surface area contributed by atoms with Crippen LogP contribution in [0.2, 0.25) is 0 Å². The molecule has 0 atom stereocenters. The number of carbonyl (C=O) groups excluding carboxylic acids is 1. The number of aromatic nitrogens is 3. The molecule has 4 aromatic rings. The number of nitrogens with one attached hydrogen (secondary N) is 1. The zero-order valence-corrected chi connectivity index (χ0v) is 18.4. The number of para-hydroxylation sites is 1. The standard InChI is InChI=1S/C25H23N5O3/c1-3-17-8-11-26-24-22(17)29(2)25(31)19-14-16(15-27-23(19)28-24)10-13-33-21-9-12-30(32)20-7-5-4-6-18(20)21/h4-9,11-12,14-15H,3,10,13H2,1-2H3,(H,26,27,28). The molecule has 8 heteroatoms. The Morgan fingerprint density at radius 1 is 1.15 bits per heavy atom. The summed E-state index contributed by atoms with van der Waals surface area (Å²) in [4.78, 5) is 23.8. The summed E-state index contributed by atoms with van der Waals surface area (Å²) in [5.41, 5.74) is 3.75. The maximum absolute atomic E-state index is 13.2. The minimum Gasteiger partial charge on any atom is -0.618 e. The summed E-state index contributed by atoms with van der Waals surface area (Å²) in [5, 5.41) is 16.0. The van der Waals surface area contributed by atoms with E-state index in [1.807, 2.05) is 30.3 Å². The fraction of sp³-hybridized carbons (Fsp3) is 0.200. The van der Waals surface area contributed by atoms with E-state index in [2.05, 4.69) is 22.2 Å². The molecular weight excluding hydrogens is 418 g/mol. The van der Waals surface area contributed by atoms with E-state index < -0.39 is 0 Å². The number of rotatable bonds is 5. The quantitative estimate of drug-likeness (QED) is 0.374. The van der Waals surface area contributed by atoms with Crippen molar-refractivity contribution < 1.29 is 14.3 Å². The second-order valence-corrected chi connectivity index (χ2v) is 7.87. The number of nitrogens with zero attached hydrogens (tertiary/aromatic N) is 4. The lowest BCUT2D eigenvalue weighted by atomic mass is 10.1. The molecule has 0 aliphatic carbocycles. The molecule has 33 heavy (non-hydrogen) atoms. The van der Waals surface area contributed by atoms with Crippen molar-refractivity contribution in [3.05, 3.63) is 83.0 Å². The van der Waals surface area contributed by atoms with Crippen LogP contribution in [0.3, 0.4) is 0 Å². The Kier molecular flexibility index (Phi) is 5.26. The number of anilines is 3. The largest absolute Gasteiger partial charge is 0.618 e. The fourth-order valence-electron chi connectivity index (χ4n) is 4.13. The Morgan fingerprint density at radius 2 is 2.00 bits per heavy atom. The number of pyridine rings is 3. The van der Waals surface area contributed by atoms with Crippen LogP contribution in [0.25, 0.3) is 10.9 Å². The molecule has 0 saturated carbocycles. The molecule has 4 heterocycles. The molecule has 0 fully saturated rings. The van der Waals surface area contributed by atoms with Gasteiger partial charge in [0.2, 0.25) is 5.52 Å². The van der Waals surface area contributed by atoms with E-state index in [0.717, 1.165) is 33.4 Å². The lowest BCUT2D eigenvalue weighted by molar-refractivity contribution is -0.577. The first-order valence-corrected chi connectivity index (χ1v) is 10.8. The van der Waals surface area contributed by atoms with Crippen molar-refractivity contribution in [3.63, 3.8) is 0 Å². The molecule has 0 radical (unpaired) electrons. The molecule has 1 aromatic carbocycles. The summed E-state index contributed by atoms with van der Waals surface area (Å²) in [6, 6.07) is 12.8. The Balaban J connectivity index is 1.37. The predicted octanol–water partition coefficient (Wildman–Crippen LogP) is 3.78. The van der Waals surface area contributed by atoms with Crippen LogP contribution in [-0.4, -0.2) is 29.5 Å². The summed E-state index contributed by atoms with van der Waals surface area (Å²) < 4.78 is 6.80. The van der Waals surface area contributed by atoms with Gasteiger partial charge < -0.3 is 20.2 Å². The molecule has 0 spiro atoms. The van der Waals surface area contributed by atoms with Gasteiger partial charge in [0.05, 0.1) is 23.2 Å². The predicted molar refractivity (Wildman–Crippen MR) is 126 cm³/mol. The maximum Gasteiger partial charge on any atom is 0.261 e. The zero-order valence-electron chi connectivity index (χ0n) is 18.4. The number of hydrogen-bond acceptors (Lipinski definition) is 6. The van der Waals surface area contributed by atoms with E-state index in [1.54, 1.807) is 36.5 Å². The highest BCUT2D eigenvalue weighted by molar-refractivity contribution is 6.12. The first-order valence-electron chi connectivity index (χ1n) is 10.8. The molecule has 166 valence electrons. The maximum atomic E-state index is 13.2. The van der Waals surface area contributed by atoms with Crippen LogP contribution in [0.15, 0.2) is 61.1 Å². The number of aryl methyl sites for hydroxylation is 1. The average molecular weight is 441 g/mol. The van der Waals surface area contributed by atoms with Gasteiger partial charge in [0.25, 0.3) is 5.91 Å². The minimum atomic E-state index is -0.136. The first-order chi connectivity index (χ1) is 16.1. The fourth-order valence-corrected chi connectivity index (χ4v) is 4.13. The summed E-state index contributed by atoms with van der Waals surface area (Å²) in [5.74, 6) is 1.62. The average Bonchev–Trinajstić information content (AvgIpc) is 2.95. The summed E-state index contributed by atoms with van der Waals surface area (Å²) in [6.45, 7) is 2.43. The molecule has 1 aliphatic rings. The van der Waals surface area contributed by atoms with Crippen molar-refractivity contribution in [2.45, 2.75) is 19.8 Å². The highest BCUT2D eigenvalue weighted by Gasteiger charge is 2.27. The molecule has 3 aromatic heterocycles. The highest BCUT2D eigenvalue weighted by Crippen LogP contribution is 2.35. The number of amides is 1. The number of carbonyl (C=O) groups is 1. The monoisotopic (exact) mass is 441 g/mol. The molecule has 0 unspecified atom stereocenters. The normalized spacial score (nSPS) is 12.7. The van der Waals surface area contributed by atoms with Crippen LogP contribution < -0.4 is 19.7 Å². The second kappa shape index (κ2) is 8.38. The van der Waals surface area contributed by atoms with Crippen molar-refractivity contribution in [3.8, 4) is 5.75 Å². The molecule has 0 bridgehead atoms. The van der Waals surface area contributed by atoms with Gasteiger partial charge in [0, 0.05) is 38.0 Å². The minimum absolute atomic E-state index is 0.136. The Hall–Kier alpha value is -4.20. The van der Waals surface area contributed by atoms with Crippen molar-refractivity contribution in [1.82, 2.24) is 9.97 Å². The third kappa shape index (κ3) is 3.69. The van der Waals surface area contributed by atoms with Crippen LogP contribution in [0, 0.1) is 5.21 Å². The van der Waals surface area contributed by atoms with Crippen LogP contribution in [0.1, 0.15) is 28.4 Å². The topological polar surface area (TPSA) is 94.3 Å². The second-order valence-electron chi connectivity index (χ2n) is 7.87. The number of hydrogen-bond donors (Lipinski definition) is 1. The van der Waals surface area contributed by atoms with Gasteiger partial charge in [-0.1, -0.05) is 19.1 Å². The van der Waals surface area contributed by atoms with Gasteiger partial charge in [-0.15, -0.1) is 0 Å². The molecule has 5 rings (SSSR count). The Bertz CT molecular complexity index is 1370. The summed E-state index contributed by atoms with van der Waals surface area (Å²) >= 11 is 0. The van der Waals surface area contributed by atoms with Crippen LogP contribution >= 0.6 is 0 Å². The Morgan fingerprint density at radius 3 is 2.85 bits per heavy atom. The van der Waals surface area contributed by atoms with Gasteiger partial charge in [-0.2, -0.15) is 4.73 Å². The van der Waals surface area contributed by atoms with Crippen molar-refractivity contribution in [1.29, 1.82) is 0 Å². The van der Waals surface area contributed by atoms with Gasteiger partial charge >= 0.3 is 0 Å². The molecule has 1 N–H and O–H groups in total. The summed E-state index contributed by atoms with van der Waals surface area (Å²) in [6.07, 6.45) is 6.27. The lowest BCUT2D eigenvalue weighted by Crippen LogP contribution is -2.26. The summed E-state index contributed by atoms with van der Waals surface area (Å²) in [7, 11) is 1.76. The van der Waals surface area contributed by atoms with Gasteiger partial charge in [0.15, 0.2) is 12.0 Å². The van der Waals surface area contributed by atoms with E-state index in [9.17, 15) is 10.0 Å². The van der Waals surface area contributed by atoms with E-state index >= 15 is 0 Å². The number of benzene rings is 1. The van der Waals surface area contributed by atoms with Crippen molar-refractivity contribution in [2.24, 2.45) is 0 Å². The van der Waals surface area contributed by atoms with Crippen LogP contribution in [-0.2, 0) is 12.8 Å². The zero-order chi connectivity index (χ0) is 22.9. The van der Waals surface area contributed by atoms with E-state index in [-0.39, 0.29) is 5.91 Å². The van der Waals surface area contributed by atoms with Crippen LogP contribution in [0.4, 0.5) is 17.3 Å². The Labute approximate surface area is 191 Å². The van der Waals surface area contributed by atoms with Crippen molar-refractivity contribution in [2.75, 3.05) is 23.9 Å². The van der Waals surface area contributed by atoms with Crippen molar-refractivity contribution >= 4 is 34.1 Å². The molecule has 0 saturated heterocycles. The third-order valence-corrected chi connectivity index (χ3v) is 5.86. The van der Waals surface area contributed by atoms with Crippen LogP contribution in [0.5, 0.6) is 5.75 Å². The van der Waals surface area contributed by atoms with E-state index in [0.29, 0.717) is 41.5 Å². The van der Waals surface area contributed by atoms with Gasteiger partial charge in [-0.05, 0) is 35.7 Å². The smallest absolute Gasteiger partial charge is 0.261 e. The van der Waals surface area contributed by atoms with Gasteiger partial charge in [-0.25, -0.2) is 9.97 Å². The third-order valence-electron chi connectivity index (χ3n) is 5.86.